The third kappa shape index (κ3) is 6.04. The van der Waals surface area contributed by atoms with Crippen LogP contribution in [0.25, 0.3) is 0 Å². The number of hydrogen-bond donors (Lipinski definition) is 2. The molecule has 0 spiro atoms. The van der Waals surface area contributed by atoms with Crippen LogP contribution in [0.1, 0.15) is 6.42 Å². The molecule has 0 aromatic heterocycles. The molecule has 3 N–H and O–H groups in total. The molecule has 0 aliphatic rings. The first kappa shape index (κ1) is 9.91. The summed E-state index contributed by atoms with van der Waals surface area (Å²) in [4.78, 5) is 2.14. The van der Waals surface area contributed by atoms with Gasteiger partial charge in [0.05, 0.1) is 5.84 Å². The van der Waals surface area contributed by atoms with E-state index in [1.54, 1.807) is 0 Å². The summed E-state index contributed by atoms with van der Waals surface area (Å²) >= 11 is 3.33. The first-order valence-corrected chi connectivity index (χ1v) is 4.36. The molecule has 0 aromatic carbocycles. The lowest BCUT2D eigenvalue weighted by molar-refractivity contribution is 0.367. The standard InChI is InChI=1S/C6H14BrN3/c1-10(5-3-7)4-2-6(8)9/h2-5H2,1H3,(H3,8,9). The van der Waals surface area contributed by atoms with Crippen molar-refractivity contribution in [2.24, 2.45) is 5.73 Å². The van der Waals surface area contributed by atoms with Crippen LogP contribution in [0, 0.1) is 5.41 Å². The van der Waals surface area contributed by atoms with Gasteiger partial charge in [0.15, 0.2) is 0 Å². The Hall–Kier alpha value is -0.0900. The van der Waals surface area contributed by atoms with Gasteiger partial charge in [0.2, 0.25) is 0 Å². The minimum absolute atomic E-state index is 0.265. The Morgan fingerprint density at radius 3 is 2.60 bits per heavy atom. The number of amidine groups is 1. The molecule has 0 saturated carbocycles. The Balaban J connectivity index is 3.21. The lowest BCUT2D eigenvalue weighted by Crippen LogP contribution is -2.25. The molecule has 10 heavy (non-hydrogen) atoms. The van der Waals surface area contributed by atoms with E-state index in [0.717, 1.165) is 18.4 Å². The Morgan fingerprint density at radius 1 is 1.60 bits per heavy atom. The average Bonchev–Trinajstić information content (AvgIpc) is 1.85. The third-order valence-electron chi connectivity index (χ3n) is 1.23. The van der Waals surface area contributed by atoms with Crippen LogP contribution < -0.4 is 5.73 Å². The zero-order valence-corrected chi connectivity index (χ0v) is 7.82. The second-order valence-corrected chi connectivity index (χ2v) is 3.06. The average molecular weight is 208 g/mol. The molecular formula is C6H14BrN3. The molecule has 0 fully saturated rings. The van der Waals surface area contributed by atoms with Crippen LogP contribution in [0.15, 0.2) is 0 Å². The Morgan fingerprint density at radius 2 is 2.20 bits per heavy atom. The minimum atomic E-state index is 0.265. The smallest absolute Gasteiger partial charge is 0.0918 e. The van der Waals surface area contributed by atoms with E-state index in [2.05, 4.69) is 20.8 Å². The normalized spacial score (nSPS) is 10.3. The zero-order valence-electron chi connectivity index (χ0n) is 6.23. The lowest BCUT2D eigenvalue weighted by Gasteiger charge is -2.13. The molecule has 0 saturated heterocycles. The van der Waals surface area contributed by atoms with E-state index in [1.165, 1.54) is 0 Å². The fourth-order valence-electron chi connectivity index (χ4n) is 0.567. The van der Waals surface area contributed by atoms with Crippen LogP contribution in [0.3, 0.4) is 0 Å². The van der Waals surface area contributed by atoms with Gasteiger partial charge in [0.25, 0.3) is 0 Å². The van der Waals surface area contributed by atoms with Crippen LogP contribution in [0.4, 0.5) is 0 Å². The molecule has 0 bridgehead atoms. The summed E-state index contributed by atoms with van der Waals surface area (Å²) in [6.45, 7) is 1.88. The van der Waals surface area contributed by atoms with Gasteiger partial charge in [-0.05, 0) is 7.05 Å². The van der Waals surface area contributed by atoms with Crippen LogP contribution in [-0.2, 0) is 0 Å². The number of nitrogens with zero attached hydrogens (tertiary/aromatic N) is 1. The molecule has 0 aliphatic heterocycles. The first-order valence-electron chi connectivity index (χ1n) is 3.24. The van der Waals surface area contributed by atoms with Crippen molar-refractivity contribution in [3.8, 4) is 0 Å². The Kier molecular flexibility index (Phi) is 5.63. The van der Waals surface area contributed by atoms with E-state index < -0.39 is 0 Å². The van der Waals surface area contributed by atoms with Crippen LogP contribution in [-0.4, -0.2) is 36.2 Å². The fourth-order valence-corrected chi connectivity index (χ4v) is 1.17. The van der Waals surface area contributed by atoms with Gasteiger partial charge in [-0.15, -0.1) is 0 Å². The topological polar surface area (TPSA) is 53.1 Å². The van der Waals surface area contributed by atoms with Crippen molar-refractivity contribution in [2.75, 3.05) is 25.5 Å². The molecule has 0 aliphatic carbocycles. The highest BCUT2D eigenvalue weighted by molar-refractivity contribution is 9.09. The minimum Gasteiger partial charge on any atom is -0.388 e. The van der Waals surface area contributed by atoms with Crippen molar-refractivity contribution in [2.45, 2.75) is 6.42 Å². The van der Waals surface area contributed by atoms with Gasteiger partial charge < -0.3 is 10.6 Å². The van der Waals surface area contributed by atoms with Gasteiger partial charge in [-0.25, -0.2) is 0 Å². The van der Waals surface area contributed by atoms with Crippen molar-refractivity contribution < 1.29 is 0 Å². The van der Waals surface area contributed by atoms with Crippen LogP contribution >= 0.6 is 15.9 Å². The highest BCUT2D eigenvalue weighted by atomic mass is 79.9. The fraction of sp³-hybridized carbons (Fsp3) is 0.833. The van der Waals surface area contributed by atoms with Gasteiger partial charge in [-0.1, -0.05) is 15.9 Å². The molecule has 4 heteroatoms. The molecular weight excluding hydrogens is 194 g/mol. The molecule has 0 heterocycles. The van der Waals surface area contributed by atoms with Crippen molar-refractivity contribution in [1.29, 1.82) is 5.41 Å². The number of halogens is 1. The lowest BCUT2D eigenvalue weighted by atomic mass is 10.4. The molecule has 0 atom stereocenters. The summed E-state index contributed by atoms with van der Waals surface area (Å²) < 4.78 is 0. The van der Waals surface area contributed by atoms with E-state index in [4.69, 9.17) is 11.1 Å². The first-order chi connectivity index (χ1) is 4.66. The zero-order chi connectivity index (χ0) is 7.98. The number of hydrogen-bond acceptors (Lipinski definition) is 2. The second kappa shape index (κ2) is 5.68. The summed E-state index contributed by atoms with van der Waals surface area (Å²) in [7, 11) is 2.02. The number of alkyl halides is 1. The highest BCUT2D eigenvalue weighted by Crippen LogP contribution is 1.88. The molecule has 0 amide bonds. The van der Waals surface area contributed by atoms with E-state index in [-0.39, 0.29) is 5.84 Å². The van der Waals surface area contributed by atoms with Gasteiger partial charge in [0.1, 0.15) is 0 Å². The van der Waals surface area contributed by atoms with Crippen molar-refractivity contribution in [3.05, 3.63) is 0 Å². The van der Waals surface area contributed by atoms with E-state index in [9.17, 15) is 0 Å². The molecule has 0 radical (unpaired) electrons. The van der Waals surface area contributed by atoms with Crippen molar-refractivity contribution in [1.82, 2.24) is 4.90 Å². The SMILES string of the molecule is CN(CCBr)CCC(=N)N. The van der Waals surface area contributed by atoms with Crippen LogP contribution in [0.5, 0.6) is 0 Å². The molecule has 3 nitrogen and oxygen atoms in total. The molecule has 0 rings (SSSR count). The number of nitrogens with one attached hydrogen (secondary N) is 1. The van der Waals surface area contributed by atoms with E-state index in [1.807, 2.05) is 7.05 Å². The Labute approximate surface area is 70.2 Å². The van der Waals surface area contributed by atoms with Gasteiger partial charge in [0, 0.05) is 24.8 Å². The summed E-state index contributed by atoms with van der Waals surface area (Å²) in [5, 5.41) is 7.93. The predicted molar refractivity (Wildman–Crippen MR) is 47.8 cm³/mol. The quantitative estimate of drug-likeness (QED) is 0.395. The number of nitrogens with two attached hydrogens (primary N) is 1. The number of rotatable bonds is 5. The van der Waals surface area contributed by atoms with Gasteiger partial charge in [-0.3, -0.25) is 5.41 Å². The van der Waals surface area contributed by atoms with Gasteiger partial charge in [-0.2, -0.15) is 0 Å². The molecule has 0 aromatic rings. The third-order valence-corrected chi connectivity index (χ3v) is 1.58. The van der Waals surface area contributed by atoms with Crippen LogP contribution in [0.2, 0.25) is 0 Å². The van der Waals surface area contributed by atoms with Crippen molar-refractivity contribution >= 4 is 21.8 Å². The van der Waals surface area contributed by atoms with Crippen molar-refractivity contribution in [3.63, 3.8) is 0 Å². The summed E-state index contributed by atoms with van der Waals surface area (Å²) in [5.74, 6) is 0.265. The van der Waals surface area contributed by atoms with E-state index in [0.29, 0.717) is 6.42 Å². The summed E-state index contributed by atoms with van der Waals surface area (Å²) in [5.41, 5.74) is 5.18. The molecule has 0 unspecified atom stereocenters. The largest absolute Gasteiger partial charge is 0.388 e. The molecule has 60 valence electrons. The maximum absolute atomic E-state index is 6.96. The summed E-state index contributed by atoms with van der Waals surface area (Å²) in [6.07, 6.45) is 0.670. The monoisotopic (exact) mass is 207 g/mol. The van der Waals surface area contributed by atoms with E-state index >= 15 is 0 Å². The summed E-state index contributed by atoms with van der Waals surface area (Å²) in [6, 6.07) is 0. The highest BCUT2D eigenvalue weighted by Gasteiger charge is 1.96. The Bertz CT molecular complexity index is 105. The maximum Gasteiger partial charge on any atom is 0.0918 e. The maximum atomic E-state index is 6.96. The second-order valence-electron chi connectivity index (χ2n) is 2.27. The predicted octanol–water partition coefficient (Wildman–Crippen LogP) is 0.639. The van der Waals surface area contributed by atoms with Gasteiger partial charge >= 0.3 is 0 Å².